The van der Waals surface area contributed by atoms with Gasteiger partial charge in [-0.25, -0.2) is 0 Å². The van der Waals surface area contributed by atoms with Gasteiger partial charge in [0.2, 0.25) is 0 Å². The SMILES string of the molecule is CC(C)OC(=O)CSC[C@@](O)(COc1ccc(Cl)cc1)C(C)(C)C. The molecule has 4 nitrogen and oxygen atoms in total. The Bertz CT molecular complexity index is 525. The smallest absolute Gasteiger partial charge is 0.316 e. The number of ether oxygens (including phenoxy) is 2. The van der Waals surface area contributed by atoms with E-state index in [0.717, 1.165) is 0 Å². The monoisotopic (exact) mass is 374 g/mol. The Hall–Kier alpha value is -0.910. The van der Waals surface area contributed by atoms with E-state index in [9.17, 15) is 9.90 Å². The van der Waals surface area contributed by atoms with E-state index in [2.05, 4.69) is 0 Å². The van der Waals surface area contributed by atoms with Crippen LogP contribution >= 0.6 is 23.4 Å². The van der Waals surface area contributed by atoms with Crippen LogP contribution in [0.25, 0.3) is 0 Å². The first-order valence-electron chi connectivity index (χ1n) is 7.91. The highest BCUT2D eigenvalue weighted by molar-refractivity contribution is 8.00. The highest BCUT2D eigenvalue weighted by Gasteiger charge is 2.41. The fourth-order valence-electron chi connectivity index (χ4n) is 1.81. The van der Waals surface area contributed by atoms with Gasteiger partial charge in [0.15, 0.2) is 0 Å². The van der Waals surface area contributed by atoms with Crippen LogP contribution in [0.5, 0.6) is 5.75 Å². The summed E-state index contributed by atoms with van der Waals surface area (Å²) in [4.78, 5) is 11.6. The number of esters is 1. The average molecular weight is 375 g/mol. The third-order valence-corrected chi connectivity index (χ3v) is 4.99. The number of aliphatic hydroxyl groups is 1. The standard InChI is InChI=1S/C18H27ClO4S/c1-13(2)23-16(20)10-24-12-18(21,17(3,4)5)11-22-15-8-6-14(19)7-9-15/h6-9,13,21H,10-12H2,1-5H3/t18-/m0/s1. The van der Waals surface area contributed by atoms with Gasteiger partial charge in [-0.1, -0.05) is 32.4 Å². The minimum Gasteiger partial charge on any atom is -0.491 e. The lowest BCUT2D eigenvalue weighted by molar-refractivity contribution is -0.144. The normalized spacial score (nSPS) is 14.3. The number of carbonyl (C=O) groups excluding carboxylic acids is 1. The van der Waals surface area contributed by atoms with E-state index >= 15 is 0 Å². The maximum atomic E-state index is 11.6. The molecule has 136 valence electrons. The van der Waals surface area contributed by atoms with Gasteiger partial charge in [-0.15, -0.1) is 11.8 Å². The molecule has 0 bridgehead atoms. The third kappa shape index (κ3) is 6.91. The predicted octanol–water partition coefficient (Wildman–Crippen LogP) is 4.18. The summed E-state index contributed by atoms with van der Waals surface area (Å²) in [7, 11) is 0. The average Bonchev–Trinajstić information content (AvgIpc) is 2.44. The van der Waals surface area contributed by atoms with Crippen LogP contribution in [0.2, 0.25) is 5.02 Å². The van der Waals surface area contributed by atoms with Crippen LogP contribution in [-0.4, -0.2) is 40.9 Å². The first-order valence-corrected chi connectivity index (χ1v) is 9.45. The molecule has 1 rings (SSSR count). The fraction of sp³-hybridized carbons (Fsp3) is 0.611. The van der Waals surface area contributed by atoms with Crippen molar-refractivity contribution in [2.45, 2.75) is 46.3 Å². The van der Waals surface area contributed by atoms with E-state index in [-0.39, 0.29) is 24.4 Å². The number of benzene rings is 1. The molecule has 0 heterocycles. The Morgan fingerprint density at radius 2 is 1.83 bits per heavy atom. The molecule has 0 unspecified atom stereocenters. The first kappa shape index (κ1) is 21.1. The summed E-state index contributed by atoms with van der Waals surface area (Å²) >= 11 is 7.21. The second-order valence-electron chi connectivity index (χ2n) is 7.06. The lowest BCUT2D eigenvalue weighted by Gasteiger charge is -2.39. The van der Waals surface area contributed by atoms with Crippen LogP contribution in [0, 0.1) is 5.41 Å². The number of rotatable bonds is 8. The lowest BCUT2D eigenvalue weighted by atomic mass is 9.78. The molecule has 6 heteroatoms. The van der Waals surface area contributed by atoms with Gasteiger partial charge < -0.3 is 14.6 Å². The van der Waals surface area contributed by atoms with Crippen molar-refractivity contribution in [2.75, 3.05) is 18.1 Å². The van der Waals surface area contributed by atoms with Crippen molar-refractivity contribution in [3.05, 3.63) is 29.3 Å². The Balaban J connectivity index is 2.62. The van der Waals surface area contributed by atoms with E-state index in [1.165, 1.54) is 11.8 Å². The predicted molar refractivity (Wildman–Crippen MR) is 99.9 cm³/mol. The molecule has 0 saturated carbocycles. The van der Waals surface area contributed by atoms with Crippen LogP contribution < -0.4 is 4.74 Å². The van der Waals surface area contributed by atoms with E-state index in [1.54, 1.807) is 24.3 Å². The molecule has 0 spiro atoms. The van der Waals surface area contributed by atoms with Gasteiger partial charge >= 0.3 is 5.97 Å². The van der Waals surface area contributed by atoms with Gasteiger partial charge in [0.25, 0.3) is 0 Å². The highest BCUT2D eigenvalue weighted by Crippen LogP contribution is 2.34. The van der Waals surface area contributed by atoms with Gasteiger partial charge in [0, 0.05) is 10.8 Å². The molecule has 0 aliphatic carbocycles. The van der Waals surface area contributed by atoms with Crippen molar-refractivity contribution in [2.24, 2.45) is 5.41 Å². The van der Waals surface area contributed by atoms with Crippen LogP contribution in [0.15, 0.2) is 24.3 Å². The van der Waals surface area contributed by atoms with Crippen LogP contribution in [-0.2, 0) is 9.53 Å². The molecule has 0 aliphatic rings. The largest absolute Gasteiger partial charge is 0.491 e. The molecule has 1 atom stereocenters. The van der Waals surface area contributed by atoms with Gasteiger partial charge in [0.1, 0.15) is 18.0 Å². The summed E-state index contributed by atoms with van der Waals surface area (Å²) in [6.45, 7) is 9.61. The molecule has 0 radical (unpaired) electrons. The summed E-state index contributed by atoms with van der Waals surface area (Å²) in [5.74, 6) is 0.950. The second-order valence-corrected chi connectivity index (χ2v) is 8.48. The molecule has 1 aromatic rings. The number of thioether (sulfide) groups is 1. The molecule has 1 aromatic carbocycles. The van der Waals surface area contributed by atoms with Crippen LogP contribution in [0.1, 0.15) is 34.6 Å². The zero-order valence-electron chi connectivity index (χ0n) is 15.0. The van der Waals surface area contributed by atoms with Gasteiger partial charge in [-0.05, 0) is 43.5 Å². The molecule has 0 amide bonds. The summed E-state index contributed by atoms with van der Waals surface area (Å²) in [6, 6.07) is 7.00. The van der Waals surface area contributed by atoms with E-state index in [0.29, 0.717) is 16.5 Å². The Morgan fingerprint density at radius 1 is 1.25 bits per heavy atom. The second kappa shape index (κ2) is 8.97. The van der Waals surface area contributed by atoms with Crippen molar-refractivity contribution >= 4 is 29.3 Å². The van der Waals surface area contributed by atoms with Crippen molar-refractivity contribution in [1.82, 2.24) is 0 Å². The fourth-order valence-corrected chi connectivity index (χ4v) is 3.13. The first-order chi connectivity index (χ1) is 11.0. The third-order valence-electron chi connectivity index (χ3n) is 3.62. The molecular weight excluding hydrogens is 348 g/mol. The zero-order valence-corrected chi connectivity index (χ0v) is 16.5. The van der Waals surface area contributed by atoms with E-state index < -0.39 is 11.0 Å². The van der Waals surface area contributed by atoms with Crippen LogP contribution in [0.4, 0.5) is 0 Å². The molecule has 24 heavy (non-hydrogen) atoms. The Labute approximate surface area is 153 Å². The minimum absolute atomic E-state index is 0.129. The maximum absolute atomic E-state index is 11.6. The number of carbonyl (C=O) groups is 1. The van der Waals surface area contributed by atoms with Crippen molar-refractivity contribution in [1.29, 1.82) is 0 Å². The lowest BCUT2D eigenvalue weighted by Crippen LogP contribution is -2.50. The maximum Gasteiger partial charge on any atom is 0.316 e. The Morgan fingerprint density at radius 3 is 2.33 bits per heavy atom. The Kier molecular flexibility index (Phi) is 7.90. The van der Waals surface area contributed by atoms with E-state index in [4.69, 9.17) is 21.1 Å². The summed E-state index contributed by atoms with van der Waals surface area (Å²) in [5, 5.41) is 11.7. The molecule has 0 aromatic heterocycles. The summed E-state index contributed by atoms with van der Waals surface area (Å²) < 4.78 is 10.8. The quantitative estimate of drug-likeness (QED) is 0.692. The molecular formula is C18H27ClO4S. The van der Waals surface area contributed by atoms with Crippen molar-refractivity contribution in [3.8, 4) is 5.75 Å². The number of hydrogen-bond donors (Lipinski definition) is 1. The number of hydrogen-bond acceptors (Lipinski definition) is 5. The highest BCUT2D eigenvalue weighted by atomic mass is 35.5. The van der Waals surface area contributed by atoms with Crippen LogP contribution in [0.3, 0.4) is 0 Å². The van der Waals surface area contributed by atoms with Gasteiger partial charge in [-0.3, -0.25) is 4.79 Å². The summed E-state index contributed by atoms with van der Waals surface area (Å²) in [6.07, 6.45) is -0.132. The zero-order chi connectivity index (χ0) is 18.4. The molecule has 0 saturated heterocycles. The molecule has 0 fully saturated rings. The van der Waals surface area contributed by atoms with Crippen molar-refractivity contribution < 1.29 is 19.4 Å². The summed E-state index contributed by atoms with van der Waals surface area (Å²) in [5.41, 5.74) is -1.50. The minimum atomic E-state index is -1.09. The number of halogens is 1. The van der Waals surface area contributed by atoms with Gasteiger partial charge in [-0.2, -0.15) is 0 Å². The van der Waals surface area contributed by atoms with Crippen molar-refractivity contribution in [3.63, 3.8) is 0 Å². The molecule has 1 N–H and O–H groups in total. The molecule has 0 aliphatic heterocycles. The van der Waals surface area contributed by atoms with E-state index in [1.807, 2.05) is 34.6 Å². The van der Waals surface area contributed by atoms with Gasteiger partial charge in [0.05, 0.1) is 11.9 Å². The topological polar surface area (TPSA) is 55.8 Å².